The van der Waals surface area contributed by atoms with Crippen molar-refractivity contribution in [2.75, 3.05) is 0 Å². The number of hydrogen-bond donors (Lipinski definition) is 0. The van der Waals surface area contributed by atoms with Gasteiger partial charge < -0.3 is 9.47 Å². The highest BCUT2D eigenvalue weighted by Gasteiger charge is 2.39. The molecule has 0 bridgehead atoms. The summed E-state index contributed by atoms with van der Waals surface area (Å²) in [6.45, 7) is -0.780. The summed E-state index contributed by atoms with van der Waals surface area (Å²) in [6, 6.07) is 0. The lowest BCUT2D eigenvalue weighted by molar-refractivity contribution is -0.216. The highest BCUT2D eigenvalue weighted by molar-refractivity contribution is 5.77. The molecule has 0 amide bonds. The van der Waals surface area contributed by atoms with Crippen LogP contribution in [0.3, 0.4) is 0 Å². The van der Waals surface area contributed by atoms with Crippen LogP contribution in [-0.4, -0.2) is 24.2 Å². The monoisotopic (exact) mass is 394 g/mol. The summed E-state index contributed by atoms with van der Waals surface area (Å²) in [5, 5.41) is 0. The summed E-state index contributed by atoms with van der Waals surface area (Å²) in [4.78, 5) is 22.4. The molecule has 1 rings (SSSR count). The molecule has 0 aliphatic heterocycles. The molecule has 4 nitrogen and oxygen atoms in total. The van der Waals surface area contributed by atoms with E-state index in [9.17, 15) is 44.7 Å². The second-order valence-corrected chi connectivity index (χ2v) is 4.88. The number of esters is 2. The molecule has 1 unspecified atom stereocenters. The molecule has 1 atom stereocenters. The fraction of sp³-hybridized carbons (Fsp3) is 0.429. The molecule has 0 aliphatic carbocycles. The molecular weight excluding hydrogens is 384 g/mol. The molecule has 0 heterocycles. The van der Waals surface area contributed by atoms with Crippen molar-refractivity contribution in [3.05, 3.63) is 34.6 Å². The van der Waals surface area contributed by atoms with E-state index in [4.69, 9.17) is 0 Å². The molecule has 0 aliphatic rings. The minimum Gasteiger partial charge on any atom is -0.461 e. The van der Waals surface area contributed by atoms with E-state index in [1.54, 1.807) is 0 Å². The number of carbonyl (C=O) groups excluding carboxylic acids is 2. The molecule has 12 heteroatoms. The zero-order valence-electron chi connectivity index (χ0n) is 12.9. The van der Waals surface area contributed by atoms with E-state index in [0.717, 1.165) is 0 Å². The Hall–Kier alpha value is -2.40. The van der Waals surface area contributed by atoms with Gasteiger partial charge in [0.25, 0.3) is 0 Å². The lowest BCUT2D eigenvalue weighted by atomic mass is 10.2. The minimum atomic E-state index is -4.80. The van der Waals surface area contributed by atoms with E-state index < -0.39 is 78.3 Å². The lowest BCUT2D eigenvalue weighted by Crippen LogP contribution is -2.31. The number of alkyl halides is 3. The largest absolute Gasteiger partial charge is 0.461 e. The average molecular weight is 394 g/mol. The van der Waals surface area contributed by atoms with E-state index in [0.29, 0.717) is 6.92 Å². The number of ether oxygens (including phenoxy) is 2. The topological polar surface area (TPSA) is 52.6 Å². The van der Waals surface area contributed by atoms with Gasteiger partial charge in [-0.05, 0) is 6.92 Å². The first-order valence-electron chi connectivity index (χ1n) is 6.78. The second-order valence-electron chi connectivity index (χ2n) is 4.88. The maximum atomic E-state index is 13.3. The standard InChI is InChI=1S/C14H10F8O4/c1-5(14(20,21)22)26-8(24)3-2-7(23)25-4-6-9(15)11(17)13(19)12(18)10(6)16/h5H,2-4H2,1H3. The van der Waals surface area contributed by atoms with Crippen molar-refractivity contribution in [1.82, 2.24) is 0 Å². The summed E-state index contributed by atoms with van der Waals surface area (Å²) in [7, 11) is 0. The molecule has 0 aromatic heterocycles. The van der Waals surface area contributed by atoms with Gasteiger partial charge in [-0.1, -0.05) is 0 Å². The van der Waals surface area contributed by atoms with E-state index >= 15 is 0 Å². The van der Waals surface area contributed by atoms with Crippen molar-refractivity contribution in [2.45, 2.75) is 38.7 Å². The fourth-order valence-corrected chi connectivity index (χ4v) is 1.53. The molecule has 26 heavy (non-hydrogen) atoms. The Bertz CT molecular complexity index is 672. The van der Waals surface area contributed by atoms with Crippen LogP contribution in [0.1, 0.15) is 25.3 Å². The van der Waals surface area contributed by atoms with Crippen molar-refractivity contribution in [1.29, 1.82) is 0 Å². The van der Waals surface area contributed by atoms with Gasteiger partial charge in [-0.3, -0.25) is 9.59 Å². The number of rotatable bonds is 6. The summed E-state index contributed by atoms with van der Waals surface area (Å²) >= 11 is 0. The minimum absolute atomic E-state index is 0.555. The van der Waals surface area contributed by atoms with Crippen molar-refractivity contribution in [2.24, 2.45) is 0 Å². The molecule has 0 spiro atoms. The van der Waals surface area contributed by atoms with Crippen LogP contribution >= 0.6 is 0 Å². The van der Waals surface area contributed by atoms with E-state index in [2.05, 4.69) is 9.47 Å². The average Bonchev–Trinajstić information content (AvgIpc) is 2.55. The zero-order valence-corrected chi connectivity index (χ0v) is 12.9. The maximum absolute atomic E-state index is 13.3. The molecule has 0 saturated carbocycles. The van der Waals surface area contributed by atoms with Crippen molar-refractivity contribution >= 4 is 11.9 Å². The summed E-state index contributed by atoms with van der Waals surface area (Å²) < 4.78 is 110. The molecule has 0 saturated heterocycles. The third-order valence-electron chi connectivity index (χ3n) is 2.98. The lowest BCUT2D eigenvalue weighted by Gasteiger charge is -2.16. The third kappa shape index (κ3) is 5.30. The summed E-state index contributed by atoms with van der Waals surface area (Å²) in [6.07, 6.45) is -8.91. The van der Waals surface area contributed by atoms with Crippen LogP contribution in [0.4, 0.5) is 35.1 Å². The zero-order chi connectivity index (χ0) is 20.2. The Morgan fingerprint density at radius 3 is 1.73 bits per heavy atom. The van der Waals surface area contributed by atoms with Gasteiger partial charge in [-0.15, -0.1) is 0 Å². The van der Waals surface area contributed by atoms with Gasteiger partial charge in [-0.25, -0.2) is 22.0 Å². The molecule has 0 N–H and O–H groups in total. The fourth-order valence-electron chi connectivity index (χ4n) is 1.53. The number of benzene rings is 1. The molecule has 1 aromatic carbocycles. The van der Waals surface area contributed by atoms with Gasteiger partial charge in [0.05, 0.1) is 18.4 Å². The molecule has 146 valence electrons. The third-order valence-corrected chi connectivity index (χ3v) is 2.98. The Kier molecular flexibility index (Phi) is 6.93. The number of hydrogen-bond acceptors (Lipinski definition) is 4. The van der Waals surface area contributed by atoms with Crippen molar-refractivity contribution in [3.8, 4) is 0 Å². The quantitative estimate of drug-likeness (QED) is 0.320. The van der Waals surface area contributed by atoms with Crippen molar-refractivity contribution < 1.29 is 54.2 Å². The van der Waals surface area contributed by atoms with Crippen LogP contribution < -0.4 is 0 Å². The number of carbonyl (C=O) groups is 2. The van der Waals surface area contributed by atoms with Gasteiger partial charge in [0.15, 0.2) is 29.4 Å². The van der Waals surface area contributed by atoms with Crippen LogP contribution in [-0.2, 0) is 25.7 Å². The summed E-state index contributed by atoms with van der Waals surface area (Å²) in [5.74, 6) is -14.0. The van der Waals surface area contributed by atoms with Crippen LogP contribution in [0.15, 0.2) is 0 Å². The van der Waals surface area contributed by atoms with E-state index in [1.165, 1.54) is 0 Å². The van der Waals surface area contributed by atoms with Gasteiger partial charge in [-0.2, -0.15) is 13.2 Å². The Morgan fingerprint density at radius 2 is 1.27 bits per heavy atom. The first-order valence-corrected chi connectivity index (χ1v) is 6.78. The van der Waals surface area contributed by atoms with Gasteiger partial charge >= 0.3 is 18.1 Å². The van der Waals surface area contributed by atoms with Crippen LogP contribution in [0, 0.1) is 29.1 Å². The Balaban J connectivity index is 2.60. The van der Waals surface area contributed by atoms with Crippen LogP contribution in [0.2, 0.25) is 0 Å². The SMILES string of the molecule is CC(OC(=O)CCC(=O)OCc1c(F)c(F)c(F)c(F)c1F)C(F)(F)F. The Morgan fingerprint density at radius 1 is 0.846 bits per heavy atom. The van der Waals surface area contributed by atoms with Gasteiger partial charge in [0, 0.05) is 0 Å². The van der Waals surface area contributed by atoms with Gasteiger partial charge in [0.2, 0.25) is 5.82 Å². The highest BCUT2D eigenvalue weighted by atomic mass is 19.4. The molecule has 1 aromatic rings. The normalized spacial score (nSPS) is 12.7. The van der Waals surface area contributed by atoms with Gasteiger partial charge in [0.1, 0.15) is 6.61 Å². The molecule has 0 fully saturated rings. The predicted molar refractivity (Wildman–Crippen MR) is 66.9 cm³/mol. The van der Waals surface area contributed by atoms with Crippen molar-refractivity contribution in [3.63, 3.8) is 0 Å². The predicted octanol–water partition coefficient (Wildman–Crippen LogP) is 3.70. The van der Waals surface area contributed by atoms with E-state index in [1.807, 2.05) is 0 Å². The molecular formula is C14H10F8O4. The first kappa shape index (κ1) is 21.6. The first-order chi connectivity index (χ1) is 11.9. The van der Waals surface area contributed by atoms with E-state index in [-0.39, 0.29) is 0 Å². The maximum Gasteiger partial charge on any atom is 0.425 e. The number of halogens is 8. The second kappa shape index (κ2) is 8.32. The van der Waals surface area contributed by atoms with Crippen LogP contribution in [0.25, 0.3) is 0 Å². The highest BCUT2D eigenvalue weighted by Crippen LogP contribution is 2.24. The van der Waals surface area contributed by atoms with Crippen LogP contribution in [0.5, 0.6) is 0 Å². The summed E-state index contributed by atoms with van der Waals surface area (Å²) in [5.41, 5.74) is -1.41. The molecule has 0 radical (unpaired) electrons. The Labute approximate surface area is 140 Å². The smallest absolute Gasteiger partial charge is 0.425 e.